The maximum atomic E-state index is 13.6. The maximum absolute atomic E-state index is 13.6. The molecule has 4 heteroatoms. The third kappa shape index (κ3) is 3.00. The Labute approximate surface area is 125 Å². The number of aromatic nitrogens is 2. The molecule has 0 aliphatic heterocycles. The summed E-state index contributed by atoms with van der Waals surface area (Å²) in [4.78, 5) is 4.54. The lowest BCUT2D eigenvalue weighted by molar-refractivity contribution is 0.616. The summed E-state index contributed by atoms with van der Waals surface area (Å²) in [6, 6.07) is 5.04. The predicted octanol–water partition coefficient (Wildman–Crippen LogP) is 3.39. The molecule has 1 N–H and O–H groups in total. The van der Waals surface area contributed by atoms with Crippen LogP contribution in [0.1, 0.15) is 43.1 Å². The van der Waals surface area contributed by atoms with E-state index < -0.39 is 0 Å². The minimum absolute atomic E-state index is 0.180. The highest BCUT2D eigenvalue weighted by Crippen LogP contribution is 2.25. The van der Waals surface area contributed by atoms with Crippen molar-refractivity contribution >= 4 is 0 Å². The van der Waals surface area contributed by atoms with Crippen LogP contribution in [0, 0.1) is 5.82 Å². The van der Waals surface area contributed by atoms with Crippen molar-refractivity contribution in [3.05, 3.63) is 47.3 Å². The van der Waals surface area contributed by atoms with Crippen molar-refractivity contribution in [2.45, 2.75) is 45.6 Å². The molecule has 112 valence electrons. The van der Waals surface area contributed by atoms with Gasteiger partial charge in [0.15, 0.2) is 0 Å². The molecule has 1 aliphatic carbocycles. The molecule has 2 aromatic rings. The van der Waals surface area contributed by atoms with Crippen LogP contribution in [0.4, 0.5) is 4.39 Å². The summed E-state index contributed by atoms with van der Waals surface area (Å²) in [5.74, 6) is -0.180. The van der Waals surface area contributed by atoms with E-state index in [0.717, 1.165) is 37.1 Å². The molecular formula is C17H22FN3. The zero-order chi connectivity index (χ0) is 14.7. The first-order valence-electron chi connectivity index (χ1n) is 7.84. The van der Waals surface area contributed by atoms with E-state index in [1.165, 1.54) is 30.3 Å². The Hall–Kier alpha value is -1.68. The largest absolute Gasteiger partial charge is 0.313 e. The molecule has 0 radical (unpaired) electrons. The minimum atomic E-state index is -0.180. The van der Waals surface area contributed by atoms with Crippen LogP contribution in [0.3, 0.4) is 0 Å². The summed E-state index contributed by atoms with van der Waals surface area (Å²) in [6.45, 7) is 3.76. The van der Waals surface area contributed by atoms with E-state index >= 15 is 0 Å². The summed E-state index contributed by atoms with van der Waals surface area (Å²) >= 11 is 0. The Morgan fingerprint density at radius 3 is 3.00 bits per heavy atom. The van der Waals surface area contributed by atoms with E-state index in [1.807, 2.05) is 12.4 Å². The zero-order valence-electron chi connectivity index (χ0n) is 12.5. The molecule has 1 aromatic heterocycles. The fourth-order valence-corrected chi connectivity index (χ4v) is 3.01. The van der Waals surface area contributed by atoms with Crippen molar-refractivity contribution in [1.82, 2.24) is 14.9 Å². The lowest BCUT2D eigenvalue weighted by Crippen LogP contribution is -2.16. The minimum Gasteiger partial charge on any atom is -0.313 e. The number of aryl methyl sites for hydroxylation is 1. The van der Waals surface area contributed by atoms with Crippen LogP contribution in [-0.2, 0) is 19.4 Å². The van der Waals surface area contributed by atoms with Gasteiger partial charge < -0.3 is 9.88 Å². The Morgan fingerprint density at radius 2 is 2.14 bits per heavy atom. The van der Waals surface area contributed by atoms with Gasteiger partial charge >= 0.3 is 0 Å². The van der Waals surface area contributed by atoms with Gasteiger partial charge in [-0.25, -0.2) is 9.37 Å². The fraction of sp³-hybridized carbons (Fsp3) is 0.471. The van der Waals surface area contributed by atoms with Crippen molar-refractivity contribution < 1.29 is 4.39 Å². The normalized spacial score (nSPS) is 14.2. The average Bonchev–Trinajstić information content (AvgIpc) is 2.92. The second kappa shape index (κ2) is 6.39. The zero-order valence-corrected chi connectivity index (χ0v) is 12.5. The van der Waals surface area contributed by atoms with Crippen molar-refractivity contribution in [2.24, 2.45) is 0 Å². The Morgan fingerprint density at radius 1 is 1.29 bits per heavy atom. The number of nitrogens with zero attached hydrogens (tertiary/aromatic N) is 2. The van der Waals surface area contributed by atoms with Crippen molar-refractivity contribution in [1.29, 1.82) is 0 Å². The molecule has 21 heavy (non-hydrogen) atoms. The predicted molar refractivity (Wildman–Crippen MR) is 82.2 cm³/mol. The number of halogens is 1. The van der Waals surface area contributed by atoms with Gasteiger partial charge in [-0.15, -0.1) is 0 Å². The van der Waals surface area contributed by atoms with Crippen LogP contribution >= 0.6 is 0 Å². The van der Waals surface area contributed by atoms with Crippen molar-refractivity contribution in [3.8, 4) is 5.69 Å². The Balaban J connectivity index is 1.95. The van der Waals surface area contributed by atoms with Crippen LogP contribution < -0.4 is 5.32 Å². The molecule has 0 fully saturated rings. The highest BCUT2D eigenvalue weighted by Gasteiger charge is 2.17. The molecular weight excluding hydrogens is 265 g/mol. The lowest BCUT2D eigenvalue weighted by Gasteiger charge is -2.17. The van der Waals surface area contributed by atoms with Crippen LogP contribution in [0.25, 0.3) is 5.69 Å². The monoisotopic (exact) mass is 287 g/mol. The van der Waals surface area contributed by atoms with Gasteiger partial charge in [0.1, 0.15) is 5.82 Å². The van der Waals surface area contributed by atoms with Crippen molar-refractivity contribution in [3.63, 3.8) is 0 Å². The fourth-order valence-electron chi connectivity index (χ4n) is 3.01. The number of rotatable bonds is 5. The van der Waals surface area contributed by atoms with Crippen LogP contribution in [-0.4, -0.2) is 16.1 Å². The molecule has 0 saturated carbocycles. The van der Waals surface area contributed by atoms with Crippen LogP contribution in [0.2, 0.25) is 0 Å². The molecule has 3 nitrogen and oxygen atoms in total. The Kier molecular flexibility index (Phi) is 4.34. The first-order valence-corrected chi connectivity index (χ1v) is 7.84. The van der Waals surface area contributed by atoms with E-state index in [-0.39, 0.29) is 5.82 Å². The van der Waals surface area contributed by atoms with Gasteiger partial charge in [-0.05, 0) is 62.4 Å². The summed E-state index contributed by atoms with van der Waals surface area (Å²) < 4.78 is 15.7. The molecule has 1 aliphatic rings. The first-order chi connectivity index (χ1) is 10.3. The second-order valence-electron chi connectivity index (χ2n) is 5.66. The summed E-state index contributed by atoms with van der Waals surface area (Å²) in [7, 11) is 0. The average molecular weight is 287 g/mol. The molecule has 0 unspecified atom stereocenters. The number of hydrogen-bond donors (Lipinski definition) is 1. The summed E-state index contributed by atoms with van der Waals surface area (Å²) in [6.07, 6.45) is 7.53. The number of fused-ring (bicyclic) bond motifs is 1. The summed E-state index contributed by atoms with van der Waals surface area (Å²) in [5.41, 5.74) is 4.55. The van der Waals surface area contributed by atoms with E-state index in [2.05, 4.69) is 21.8 Å². The first kappa shape index (κ1) is 14.3. The second-order valence-corrected chi connectivity index (χ2v) is 5.66. The van der Waals surface area contributed by atoms with Gasteiger partial charge in [-0.2, -0.15) is 0 Å². The van der Waals surface area contributed by atoms with E-state index in [0.29, 0.717) is 6.54 Å². The Bertz CT molecular complexity index is 618. The number of benzene rings is 1. The van der Waals surface area contributed by atoms with E-state index in [9.17, 15) is 4.39 Å². The number of nitrogens with one attached hydrogen (secondary N) is 1. The van der Waals surface area contributed by atoms with Crippen LogP contribution in [0.5, 0.6) is 0 Å². The van der Waals surface area contributed by atoms with Crippen LogP contribution in [0.15, 0.2) is 24.5 Å². The molecule has 0 atom stereocenters. The topological polar surface area (TPSA) is 29.9 Å². The quantitative estimate of drug-likeness (QED) is 0.854. The highest BCUT2D eigenvalue weighted by atomic mass is 19.1. The van der Waals surface area contributed by atoms with Gasteiger partial charge in [0, 0.05) is 12.2 Å². The third-order valence-electron chi connectivity index (χ3n) is 4.07. The van der Waals surface area contributed by atoms with Gasteiger partial charge in [-0.1, -0.05) is 6.92 Å². The molecule has 0 saturated heterocycles. The third-order valence-corrected chi connectivity index (χ3v) is 4.07. The summed E-state index contributed by atoms with van der Waals surface area (Å²) in [5, 5.41) is 3.36. The maximum Gasteiger partial charge on any atom is 0.123 e. The smallest absolute Gasteiger partial charge is 0.123 e. The lowest BCUT2D eigenvalue weighted by atomic mass is 10.0. The molecule has 3 rings (SSSR count). The SMILES string of the molecule is CCCNCc1cc(F)ccc1-n1cnc2c1CCCC2. The standard InChI is InChI=1S/C17H22FN3/c1-2-9-19-11-13-10-14(18)7-8-16(13)21-12-20-15-5-3-4-6-17(15)21/h7-8,10,12,19H,2-6,9,11H2,1H3. The molecule has 1 heterocycles. The van der Waals surface area contributed by atoms with Gasteiger partial charge in [0.25, 0.3) is 0 Å². The highest BCUT2D eigenvalue weighted by molar-refractivity contribution is 5.44. The van der Waals surface area contributed by atoms with E-state index in [1.54, 1.807) is 6.07 Å². The van der Waals surface area contributed by atoms with Crippen molar-refractivity contribution in [2.75, 3.05) is 6.54 Å². The van der Waals surface area contributed by atoms with Gasteiger partial charge in [0.2, 0.25) is 0 Å². The number of hydrogen-bond acceptors (Lipinski definition) is 2. The number of imidazole rings is 1. The molecule has 0 spiro atoms. The molecule has 0 bridgehead atoms. The van der Waals surface area contributed by atoms with Gasteiger partial charge in [-0.3, -0.25) is 0 Å². The van der Waals surface area contributed by atoms with Gasteiger partial charge in [0.05, 0.1) is 17.7 Å². The molecule has 1 aromatic carbocycles. The van der Waals surface area contributed by atoms with E-state index in [4.69, 9.17) is 0 Å². The molecule has 0 amide bonds.